The Labute approximate surface area is 389 Å². The average molecular weight is 964 g/mol. The Morgan fingerprint density at radius 3 is 1.88 bits per heavy atom. The number of rotatable bonds is 37. The Balaban J connectivity index is 2.10. The van der Waals surface area contributed by atoms with E-state index in [1.54, 1.807) is 13.0 Å². The molecular formula is C41H69N7O17S. The summed E-state index contributed by atoms with van der Waals surface area (Å²) >= 11 is 3.81. The molecule has 0 aromatic rings. The van der Waals surface area contributed by atoms with Gasteiger partial charge in [-0.3, -0.25) is 33.6 Å². The lowest BCUT2D eigenvalue weighted by Gasteiger charge is -2.33. The van der Waals surface area contributed by atoms with Gasteiger partial charge in [0.15, 0.2) is 0 Å². The van der Waals surface area contributed by atoms with Gasteiger partial charge >= 0.3 is 17.9 Å². The molecule has 0 saturated carbocycles. The van der Waals surface area contributed by atoms with Crippen LogP contribution in [0.2, 0.25) is 0 Å². The largest absolute Gasteiger partial charge is 0.481 e. The molecule has 0 aromatic heterocycles. The molecule has 0 saturated heterocycles. The third-order valence-electron chi connectivity index (χ3n) is 9.41. The number of carbonyl (C=O) groups is 9. The molecule has 0 aromatic carbocycles. The van der Waals surface area contributed by atoms with Gasteiger partial charge in [-0.15, -0.1) is 0 Å². The predicted octanol–water partition coefficient (Wildman–Crippen LogP) is -2.30. The van der Waals surface area contributed by atoms with Gasteiger partial charge in [-0.1, -0.05) is 6.92 Å². The number of amides is 6. The Bertz CT molecular complexity index is 1590. The van der Waals surface area contributed by atoms with Crippen molar-refractivity contribution >= 4 is 66.0 Å². The van der Waals surface area contributed by atoms with Crippen LogP contribution >= 0.6 is 12.6 Å². The summed E-state index contributed by atoms with van der Waals surface area (Å²) in [5.74, 6) is -6.96. The lowest BCUT2D eigenvalue weighted by molar-refractivity contribution is -0.143. The molecule has 66 heavy (non-hydrogen) atoms. The van der Waals surface area contributed by atoms with Crippen molar-refractivity contribution in [2.75, 3.05) is 84.8 Å². The topological polar surface area (TPSA) is 348 Å². The third kappa shape index (κ3) is 27.5. The van der Waals surface area contributed by atoms with Crippen LogP contribution in [-0.4, -0.2) is 185 Å². The molecule has 1 aliphatic rings. The highest BCUT2D eigenvalue weighted by Gasteiger charge is 2.32. The second-order valence-corrected chi connectivity index (χ2v) is 15.1. The van der Waals surface area contributed by atoms with Crippen LogP contribution in [0.4, 0.5) is 0 Å². The fourth-order valence-electron chi connectivity index (χ4n) is 5.90. The number of carboxylic acid groups (broad SMARTS) is 2. The first kappa shape index (κ1) is 59.1. The number of aliphatic carboxylic acids is 2. The van der Waals surface area contributed by atoms with Gasteiger partial charge in [-0.2, -0.15) is 12.6 Å². The lowest BCUT2D eigenvalue weighted by Crippen LogP contribution is -2.57. The fourth-order valence-corrected chi connectivity index (χ4v) is 6.15. The molecule has 0 aliphatic heterocycles. The van der Waals surface area contributed by atoms with E-state index in [0.717, 1.165) is 0 Å². The van der Waals surface area contributed by atoms with E-state index in [-0.39, 0.29) is 94.5 Å². The standard InChI is InChI=1S/C41H69N7O17S/c1-4-28(65-33-22-27(41(59)64-5-2)6-7-30(33)46-26(3)49)10-12-43-36(52)11-14-60-16-18-62-20-21-63-19-17-61-15-13-44-34(50)8-9-35(51)45-24-29(42)38(55)47-31(23-37(53)54)39(56)48-32(25-66)40(57)58/h22,28-33,66H,4-21,23-25,42H2,1-3H3,(H,43,52)(H,44,50)(H,45,51)(H,46,49)(H,47,55)(H,48,56)(H,53,54)(H,57,58)/t28?,29-,30+,31-,32-,33+/m0/s1. The normalized spacial score (nSPS) is 16.3. The number of thiol groups is 1. The fraction of sp³-hybridized carbons (Fsp3) is 0.732. The first-order valence-corrected chi connectivity index (χ1v) is 22.5. The van der Waals surface area contributed by atoms with E-state index in [2.05, 4.69) is 44.5 Å². The Kier molecular flexibility index (Phi) is 31.6. The number of nitrogens with two attached hydrogens (primary N) is 1. The number of carbonyl (C=O) groups excluding carboxylic acids is 7. The quantitative estimate of drug-likeness (QED) is 0.0178. The Hall–Kier alpha value is -4.92. The van der Waals surface area contributed by atoms with Crippen LogP contribution in [0, 0.1) is 0 Å². The van der Waals surface area contributed by atoms with Crippen molar-refractivity contribution in [3.8, 4) is 0 Å². The van der Waals surface area contributed by atoms with Gasteiger partial charge in [-0.25, -0.2) is 9.59 Å². The first-order valence-electron chi connectivity index (χ1n) is 21.8. The van der Waals surface area contributed by atoms with Crippen LogP contribution in [0.25, 0.3) is 0 Å². The molecule has 25 heteroatoms. The molecule has 1 unspecified atom stereocenters. The number of hydrogen-bond donors (Lipinski definition) is 10. The highest BCUT2D eigenvalue weighted by molar-refractivity contribution is 7.80. The van der Waals surface area contributed by atoms with Gasteiger partial charge in [0.2, 0.25) is 35.4 Å². The van der Waals surface area contributed by atoms with E-state index < -0.39 is 72.8 Å². The highest BCUT2D eigenvalue weighted by Crippen LogP contribution is 2.24. The van der Waals surface area contributed by atoms with Crippen LogP contribution in [0.1, 0.15) is 72.1 Å². The van der Waals surface area contributed by atoms with Crippen LogP contribution in [-0.2, 0) is 71.6 Å². The Morgan fingerprint density at radius 1 is 0.758 bits per heavy atom. The zero-order chi connectivity index (χ0) is 49.3. The molecule has 1 aliphatic carbocycles. The maximum Gasteiger partial charge on any atom is 0.333 e. The molecule has 0 radical (unpaired) electrons. The number of esters is 1. The smallest absolute Gasteiger partial charge is 0.333 e. The molecule has 6 atom stereocenters. The third-order valence-corrected chi connectivity index (χ3v) is 9.77. The van der Waals surface area contributed by atoms with Gasteiger partial charge in [0.05, 0.1) is 84.1 Å². The molecule has 0 bridgehead atoms. The van der Waals surface area contributed by atoms with Crippen molar-refractivity contribution in [2.24, 2.45) is 5.73 Å². The van der Waals surface area contributed by atoms with Gasteiger partial charge in [0.1, 0.15) is 18.1 Å². The van der Waals surface area contributed by atoms with Crippen molar-refractivity contribution in [1.29, 1.82) is 0 Å². The molecule has 6 amide bonds. The number of hydrogen-bond acceptors (Lipinski definition) is 17. The van der Waals surface area contributed by atoms with E-state index in [4.69, 9.17) is 44.4 Å². The molecule has 1 rings (SSSR count). The van der Waals surface area contributed by atoms with E-state index in [1.807, 2.05) is 6.92 Å². The Morgan fingerprint density at radius 2 is 1.32 bits per heavy atom. The van der Waals surface area contributed by atoms with Crippen molar-refractivity contribution in [2.45, 2.75) is 109 Å². The summed E-state index contributed by atoms with van der Waals surface area (Å²) in [7, 11) is 0. The van der Waals surface area contributed by atoms with Gasteiger partial charge < -0.3 is 76.3 Å². The molecule has 376 valence electrons. The van der Waals surface area contributed by atoms with Crippen molar-refractivity contribution < 1.29 is 81.8 Å². The van der Waals surface area contributed by atoms with Crippen molar-refractivity contribution in [3.05, 3.63) is 11.6 Å². The molecule has 24 nitrogen and oxygen atoms in total. The van der Waals surface area contributed by atoms with Gasteiger partial charge in [0.25, 0.3) is 0 Å². The van der Waals surface area contributed by atoms with E-state index in [0.29, 0.717) is 64.2 Å². The van der Waals surface area contributed by atoms with Gasteiger partial charge in [-0.05, 0) is 38.7 Å². The van der Waals surface area contributed by atoms with Crippen LogP contribution in [0.15, 0.2) is 11.6 Å². The number of ether oxygens (including phenoxy) is 6. The maximum atomic E-state index is 12.4. The summed E-state index contributed by atoms with van der Waals surface area (Å²) in [5.41, 5.74) is 6.28. The average Bonchev–Trinajstić information content (AvgIpc) is 3.27. The second-order valence-electron chi connectivity index (χ2n) is 14.7. The monoisotopic (exact) mass is 963 g/mol. The molecule has 0 heterocycles. The zero-order valence-electron chi connectivity index (χ0n) is 37.9. The minimum atomic E-state index is -1.64. The van der Waals surface area contributed by atoms with E-state index >= 15 is 0 Å². The number of nitrogens with one attached hydrogen (secondary N) is 6. The van der Waals surface area contributed by atoms with Gasteiger partial charge in [0, 0.05) is 57.1 Å². The highest BCUT2D eigenvalue weighted by atomic mass is 32.1. The van der Waals surface area contributed by atoms with Crippen molar-refractivity contribution in [3.63, 3.8) is 0 Å². The van der Waals surface area contributed by atoms with Crippen LogP contribution in [0.5, 0.6) is 0 Å². The van der Waals surface area contributed by atoms with Crippen LogP contribution in [0.3, 0.4) is 0 Å². The summed E-state index contributed by atoms with van der Waals surface area (Å²) in [5, 5.41) is 33.1. The molecular weight excluding hydrogens is 895 g/mol. The summed E-state index contributed by atoms with van der Waals surface area (Å²) in [4.78, 5) is 108. The predicted molar refractivity (Wildman–Crippen MR) is 237 cm³/mol. The summed E-state index contributed by atoms with van der Waals surface area (Å²) in [6.07, 6.45) is 2.17. The number of carboxylic acids is 2. The summed E-state index contributed by atoms with van der Waals surface area (Å²) in [6, 6.07) is -4.74. The minimum absolute atomic E-state index is 0.169. The zero-order valence-corrected chi connectivity index (χ0v) is 38.8. The molecule has 0 spiro atoms. The van der Waals surface area contributed by atoms with Crippen LogP contribution < -0.4 is 37.6 Å². The van der Waals surface area contributed by atoms with Crippen molar-refractivity contribution in [1.82, 2.24) is 31.9 Å². The molecule has 10 N–H and O–H groups in total. The van der Waals surface area contributed by atoms with E-state index in [1.165, 1.54) is 6.92 Å². The minimum Gasteiger partial charge on any atom is -0.481 e. The lowest BCUT2D eigenvalue weighted by atomic mass is 9.92. The first-order chi connectivity index (χ1) is 31.5. The SMILES string of the molecule is CCOC(=O)C1=C[C@@H](OC(CC)CCNC(=O)CCOCCOCCOCCOCCNC(=O)CCC(=O)NC[C@H](N)C(=O)N[C@@H](CC(=O)O)C(=O)N[C@@H](CS)C(=O)O)[C@H](NC(C)=O)CC1. The summed E-state index contributed by atoms with van der Waals surface area (Å²) in [6.45, 7) is 7.77. The second kappa shape index (κ2) is 35.3. The maximum absolute atomic E-state index is 12.4. The summed E-state index contributed by atoms with van der Waals surface area (Å²) < 4.78 is 33.2. The molecule has 0 fully saturated rings. The van der Waals surface area contributed by atoms with E-state index in [9.17, 15) is 43.2 Å².